The van der Waals surface area contributed by atoms with E-state index in [1.54, 1.807) is 22.3 Å². The summed E-state index contributed by atoms with van der Waals surface area (Å²) < 4.78 is 0. The molecule has 1 N–H and O–H groups in total. The molecule has 0 aliphatic heterocycles. The number of fused-ring (bicyclic) bond motifs is 5. The highest BCUT2D eigenvalue weighted by molar-refractivity contribution is 5.50. The molecule has 1 nitrogen and oxygen atoms in total. The molecule has 0 saturated heterocycles. The molecule has 2 atom stereocenters. The van der Waals surface area contributed by atoms with E-state index >= 15 is 0 Å². The molecular formula is C22H25N. The molecule has 1 heteroatoms. The molecular weight excluding hydrogens is 278 g/mol. The number of rotatable bonds is 6. The first-order valence-corrected chi connectivity index (χ1v) is 8.88. The Bertz CT molecular complexity index is 716. The Morgan fingerprint density at radius 1 is 1.04 bits per heavy atom. The molecule has 0 spiro atoms. The van der Waals surface area contributed by atoms with E-state index < -0.39 is 0 Å². The Morgan fingerprint density at radius 2 is 1.87 bits per heavy atom. The zero-order chi connectivity index (χ0) is 15.6. The summed E-state index contributed by atoms with van der Waals surface area (Å²) in [6, 6.07) is 16.3. The summed E-state index contributed by atoms with van der Waals surface area (Å²) >= 11 is 0. The Hall–Kier alpha value is -1.86. The van der Waals surface area contributed by atoms with Gasteiger partial charge in [0.1, 0.15) is 0 Å². The Labute approximate surface area is 139 Å². The van der Waals surface area contributed by atoms with Gasteiger partial charge in [0.05, 0.1) is 0 Å². The van der Waals surface area contributed by atoms with Crippen LogP contribution in [-0.2, 0) is 12.8 Å². The molecule has 1 fully saturated rings. The fraction of sp³-hybridized carbons (Fsp3) is 0.364. The van der Waals surface area contributed by atoms with Crippen molar-refractivity contribution in [2.45, 2.75) is 37.5 Å². The van der Waals surface area contributed by atoms with E-state index in [0.29, 0.717) is 0 Å². The molecule has 2 aromatic rings. The molecule has 0 radical (unpaired) electrons. The van der Waals surface area contributed by atoms with Gasteiger partial charge in [-0.1, -0.05) is 48.5 Å². The molecule has 1 saturated carbocycles. The molecule has 2 aromatic carbocycles. The maximum absolute atomic E-state index is 3.74. The second-order valence-corrected chi connectivity index (χ2v) is 6.95. The van der Waals surface area contributed by atoms with Gasteiger partial charge in [-0.3, -0.25) is 0 Å². The molecule has 118 valence electrons. The van der Waals surface area contributed by atoms with Crippen LogP contribution in [0.15, 0.2) is 55.1 Å². The summed E-state index contributed by atoms with van der Waals surface area (Å²) in [6.07, 6.45) is 6.73. The van der Waals surface area contributed by atoms with Crippen LogP contribution in [0.25, 0.3) is 0 Å². The standard InChI is InChI=1S/C22H25N/c1-2-11-23-12-5-6-16-9-10-20-18(13-16)14-17-7-3-4-8-19(17)21-15-22(20)21/h2-4,7-10,13,21-23H,1,5-6,11-12,14-15H2. The lowest BCUT2D eigenvalue weighted by atomic mass is 9.95. The van der Waals surface area contributed by atoms with Crippen LogP contribution in [0.3, 0.4) is 0 Å². The van der Waals surface area contributed by atoms with Crippen LogP contribution in [0.5, 0.6) is 0 Å². The van der Waals surface area contributed by atoms with Crippen LogP contribution in [-0.4, -0.2) is 13.1 Å². The highest BCUT2D eigenvalue weighted by Crippen LogP contribution is 2.58. The number of nitrogens with one attached hydrogen (secondary N) is 1. The van der Waals surface area contributed by atoms with Gasteiger partial charge < -0.3 is 5.32 Å². The zero-order valence-electron chi connectivity index (χ0n) is 13.7. The lowest BCUT2D eigenvalue weighted by molar-refractivity contribution is 0.692. The minimum absolute atomic E-state index is 0.775. The average Bonchev–Trinajstić information content (AvgIpc) is 3.36. The molecule has 0 aromatic heterocycles. The first-order valence-electron chi connectivity index (χ1n) is 8.88. The third kappa shape index (κ3) is 2.98. The van der Waals surface area contributed by atoms with Gasteiger partial charge >= 0.3 is 0 Å². The summed E-state index contributed by atoms with van der Waals surface area (Å²) in [5.74, 6) is 1.55. The number of benzene rings is 2. The van der Waals surface area contributed by atoms with Gasteiger partial charge in [-0.05, 0) is 71.9 Å². The molecule has 4 rings (SSSR count). The second-order valence-electron chi connectivity index (χ2n) is 6.95. The number of aryl methyl sites for hydroxylation is 1. The van der Waals surface area contributed by atoms with Crippen molar-refractivity contribution < 1.29 is 0 Å². The first-order chi connectivity index (χ1) is 11.4. The van der Waals surface area contributed by atoms with Crippen LogP contribution in [0.1, 0.15) is 52.5 Å². The normalized spacial score (nSPS) is 20.9. The van der Waals surface area contributed by atoms with E-state index in [2.05, 4.69) is 54.4 Å². The van der Waals surface area contributed by atoms with Crippen LogP contribution in [0.2, 0.25) is 0 Å². The molecule has 23 heavy (non-hydrogen) atoms. The van der Waals surface area contributed by atoms with Gasteiger partial charge in [-0.25, -0.2) is 0 Å². The van der Waals surface area contributed by atoms with Crippen molar-refractivity contribution in [3.05, 3.63) is 82.9 Å². The van der Waals surface area contributed by atoms with Crippen molar-refractivity contribution in [2.24, 2.45) is 0 Å². The van der Waals surface area contributed by atoms with Crippen molar-refractivity contribution in [3.63, 3.8) is 0 Å². The Morgan fingerprint density at radius 3 is 2.74 bits per heavy atom. The molecule has 0 bridgehead atoms. The quantitative estimate of drug-likeness (QED) is 0.609. The van der Waals surface area contributed by atoms with E-state index in [9.17, 15) is 0 Å². The van der Waals surface area contributed by atoms with Gasteiger partial charge in [-0.2, -0.15) is 0 Å². The molecule has 2 aliphatic carbocycles. The van der Waals surface area contributed by atoms with Gasteiger partial charge in [-0.15, -0.1) is 6.58 Å². The summed E-state index contributed by atoms with van der Waals surface area (Å²) in [4.78, 5) is 0. The van der Waals surface area contributed by atoms with Crippen molar-refractivity contribution in [2.75, 3.05) is 13.1 Å². The maximum atomic E-state index is 3.74. The Balaban J connectivity index is 1.51. The summed E-state index contributed by atoms with van der Waals surface area (Å²) in [7, 11) is 0. The van der Waals surface area contributed by atoms with Gasteiger partial charge in [0.2, 0.25) is 0 Å². The lowest BCUT2D eigenvalue weighted by Gasteiger charge is -2.11. The van der Waals surface area contributed by atoms with Crippen molar-refractivity contribution >= 4 is 0 Å². The highest BCUT2D eigenvalue weighted by Gasteiger charge is 2.43. The number of hydrogen-bond donors (Lipinski definition) is 1. The average molecular weight is 303 g/mol. The summed E-state index contributed by atoms with van der Waals surface area (Å²) in [5.41, 5.74) is 7.81. The van der Waals surface area contributed by atoms with Crippen LogP contribution < -0.4 is 5.32 Å². The van der Waals surface area contributed by atoms with Crippen LogP contribution in [0.4, 0.5) is 0 Å². The minimum Gasteiger partial charge on any atom is -0.313 e. The van der Waals surface area contributed by atoms with Gasteiger partial charge in [0.15, 0.2) is 0 Å². The van der Waals surface area contributed by atoms with Gasteiger partial charge in [0, 0.05) is 6.54 Å². The molecule has 0 amide bonds. The summed E-state index contributed by atoms with van der Waals surface area (Å²) in [6.45, 7) is 5.71. The third-order valence-electron chi connectivity index (χ3n) is 5.34. The number of hydrogen-bond acceptors (Lipinski definition) is 1. The predicted octanol–water partition coefficient (Wildman–Crippen LogP) is 4.57. The lowest BCUT2D eigenvalue weighted by Crippen LogP contribution is -2.15. The minimum atomic E-state index is 0.775. The van der Waals surface area contributed by atoms with E-state index in [1.165, 1.54) is 18.4 Å². The summed E-state index contributed by atoms with van der Waals surface area (Å²) in [5, 5.41) is 3.39. The smallest absolute Gasteiger partial charge is 0.0132 e. The van der Waals surface area contributed by atoms with Gasteiger partial charge in [0.25, 0.3) is 0 Å². The predicted molar refractivity (Wildman–Crippen MR) is 97.2 cm³/mol. The van der Waals surface area contributed by atoms with Crippen molar-refractivity contribution in [1.82, 2.24) is 5.32 Å². The largest absolute Gasteiger partial charge is 0.313 e. The highest BCUT2D eigenvalue weighted by atomic mass is 14.8. The Kier molecular flexibility index (Phi) is 4.05. The topological polar surface area (TPSA) is 12.0 Å². The second kappa shape index (κ2) is 6.33. The first kappa shape index (κ1) is 14.7. The molecule has 2 unspecified atom stereocenters. The van der Waals surface area contributed by atoms with Crippen LogP contribution in [0, 0.1) is 0 Å². The fourth-order valence-corrected chi connectivity index (χ4v) is 4.10. The SMILES string of the molecule is C=CCNCCCc1ccc2c(c1)Cc1ccccc1C1CC21. The van der Waals surface area contributed by atoms with Crippen LogP contribution >= 0.6 is 0 Å². The van der Waals surface area contributed by atoms with E-state index in [1.807, 2.05) is 6.08 Å². The van der Waals surface area contributed by atoms with E-state index in [4.69, 9.17) is 0 Å². The monoisotopic (exact) mass is 303 g/mol. The maximum Gasteiger partial charge on any atom is 0.0132 e. The fourth-order valence-electron chi connectivity index (χ4n) is 4.10. The van der Waals surface area contributed by atoms with Crippen molar-refractivity contribution in [3.8, 4) is 0 Å². The van der Waals surface area contributed by atoms with Crippen molar-refractivity contribution in [1.29, 1.82) is 0 Å². The molecule has 0 heterocycles. The van der Waals surface area contributed by atoms with E-state index in [0.717, 1.165) is 37.8 Å². The third-order valence-corrected chi connectivity index (χ3v) is 5.34. The molecule has 2 aliphatic rings. The zero-order valence-corrected chi connectivity index (χ0v) is 13.7. The van der Waals surface area contributed by atoms with E-state index in [-0.39, 0.29) is 0 Å².